The lowest BCUT2D eigenvalue weighted by Gasteiger charge is -2.07. The van der Waals surface area contributed by atoms with Crippen LogP contribution >= 0.6 is 0 Å². The molecule has 5 nitrogen and oxygen atoms in total. The van der Waals surface area contributed by atoms with E-state index in [2.05, 4.69) is 10.2 Å². The third-order valence-electron chi connectivity index (χ3n) is 2.80. The first-order chi connectivity index (χ1) is 8.79. The SMILES string of the molecule is NCc1cccc(O)c1-n1nc2ccccc2n1. The van der Waals surface area contributed by atoms with Gasteiger partial charge < -0.3 is 10.8 Å². The summed E-state index contributed by atoms with van der Waals surface area (Å²) in [7, 11) is 0. The first kappa shape index (κ1) is 10.7. The lowest BCUT2D eigenvalue weighted by molar-refractivity contribution is 0.466. The van der Waals surface area contributed by atoms with Crippen molar-refractivity contribution < 1.29 is 5.11 Å². The average Bonchev–Trinajstić information content (AvgIpc) is 2.81. The fourth-order valence-electron chi connectivity index (χ4n) is 1.93. The van der Waals surface area contributed by atoms with E-state index in [1.165, 1.54) is 4.80 Å². The minimum absolute atomic E-state index is 0.123. The largest absolute Gasteiger partial charge is 0.506 e. The maximum absolute atomic E-state index is 9.94. The molecule has 0 spiro atoms. The number of hydrogen-bond acceptors (Lipinski definition) is 4. The second kappa shape index (κ2) is 4.12. The lowest BCUT2D eigenvalue weighted by atomic mass is 10.1. The molecular weight excluding hydrogens is 228 g/mol. The van der Waals surface area contributed by atoms with E-state index in [9.17, 15) is 5.11 Å². The third kappa shape index (κ3) is 1.61. The van der Waals surface area contributed by atoms with Crippen LogP contribution in [0, 0.1) is 0 Å². The van der Waals surface area contributed by atoms with E-state index in [4.69, 9.17) is 5.73 Å². The predicted octanol–water partition coefficient (Wildman–Crippen LogP) is 1.58. The first-order valence-electron chi connectivity index (χ1n) is 5.63. The van der Waals surface area contributed by atoms with E-state index < -0.39 is 0 Å². The van der Waals surface area contributed by atoms with E-state index in [-0.39, 0.29) is 5.75 Å². The van der Waals surface area contributed by atoms with Crippen molar-refractivity contribution in [2.24, 2.45) is 5.73 Å². The maximum Gasteiger partial charge on any atom is 0.143 e. The molecule has 5 heteroatoms. The van der Waals surface area contributed by atoms with E-state index in [0.29, 0.717) is 12.2 Å². The van der Waals surface area contributed by atoms with Crippen LogP contribution in [0.25, 0.3) is 16.7 Å². The zero-order chi connectivity index (χ0) is 12.5. The molecule has 0 amide bonds. The fraction of sp³-hybridized carbons (Fsp3) is 0.0769. The number of phenolic OH excluding ortho intramolecular Hbond substituents is 1. The Morgan fingerprint density at radius 2 is 1.67 bits per heavy atom. The van der Waals surface area contributed by atoms with Gasteiger partial charge in [-0.25, -0.2) is 0 Å². The number of phenols is 1. The van der Waals surface area contributed by atoms with Crippen LogP contribution in [-0.2, 0) is 6.54 Å². The first-order valence-corrected chi connectivity index (χ1v) is 5.63. The van der Waals surface area contributed by atoms with E-state index in [1.807, 2.05) is 30.3 Å². The summed E-state index contributed by atoms with van der Waals surface area (Å²) in [5, 5.41) is 18.6. The van der Waals surface area contributed by atoms with Gasteiger partial charge in [0.05, 0.1) is 0 Å². The van der Waals surface area contributed by atoms with Crippen LogP contribution in [0.1, 0.15) is 5.56 Å². The van der Waals surface area contributed by atoms with Gasteiger partial charge in [0.1, 0.15) is 22.5 Å². The standard InChI is InChI=1S/C13H12N4O/c14-8-9-4-3-7-12(18)13(9)17-15-10-5-1-2-6-11(10)16-17/h1-7,18H,8,14H2. The van der Waals surface area contributed by atoms with Crippen molar-refractivity contribution in [1.82, 2.24) is 15.0 Å². The fourth-order valence-corrected chi connectivity index (χ4v) is 1.93. The van der Waals surface area contributed by atoms with E-state index in [1.54, 1.807) is 12.1 Å². The number of benzene rings is 2. The average molecular weight is 240 g/mol. The molecule has 3 rings (SSSR count). The molecule has 2 aromatic carbocycles. The summed E-state index contributed by atoms with van der Waals surface area (Å²) in [6.45, 7) is 0.321. The molecule has 1 aromatic heterocycles. The highest BCUT2D eigenvalue weighted by molar-refractivity contribution is 5.73. The van der Waals surface area contributed by atoms with Crippen molar-refractivity contribution in [3.63, 3.8) is 0 Å². The quantitative estimate of drug-likeness (QED) is 0.713. The van der Waals surface area contributed by atoms with Crippen molar-refractivity contribution in [3.05, 3.63) is 48.0 Å². The number of fused-ring (bicyclic) bond motifs is 1. The van der Waals surface area contributed by atoms with Crippen molar-refractivity contribution >= 4 is 11.0 Å². The number of rotatable bonds is 2. The van der Waals surface area contributed by atoms with Crippen LogP contribution in [0.15, 0.2) is 42.5 Å². The molecule has 3 aromatic rings. The smallest absolute Gasteiger partial charge is 0.143 e. The Hall–Kier alpha value is -2.40. The highest BCUT2D eigenvalue weighted by Crippen LogP contribution is 2.25. The molecule has 90 valence electrons. The van der Waals surface area contributed by atoms with Crippen molar-refractivity contribution in [2.45, 2.75) is 6.54 Å². The van der Waals surface area contributed by atoms with Gasteiger partial charge >= 0.3 is 0 Å². The van der Waals surface area contributed by atoms with Gasteiger partial charge in [-0.15, -0.1) is 15.0 Å². The highest BCUT2D eigenvalue weighted by atomic mass is 16.3. The predicted molar refractivity (Wildman–Crippen MR) is 68.4 cm³/mol. The molecule has 0 aliphatic heterocycles. The molecule has 0 aliphatic rings. The van der Waals surface area contributed by atoms with Crippen LogP contribution in [0.3, 0.4) is 0 Å². The van der Waals surface area contributed by atoms with Crippen molar-refractivity contribution in [2.75, 3.05) is 0 Å². The zero-order valence-corrected chi connectivity index (χ0v) is 9.61. The molecule has 0 atom stereocenters. The van der Waals surface area contributed by atoms with Gasteiger partial charge in [0.15, 0.2) is 0 Å². The highest BCUT2D eigenvalue weighted by Gasteiger charge is 2.12. The molecule has 18 heavy (non-hydrogen) atoms. The molecule has 0 unspecified atom stereocenters. The van der Waals surface area contributed by atoms with Crippen LogP contribution in [0.2, 0.25) is 0 Å². The number of nitrogens with zero attached hydrogens (tertiary/aromatic N) is 3. The molecule has 1 heterocycles. The van der Waals surface area contributed by atoms with Gasteiger partial charge in [-0.3, -0.25) is 0 Å². The molecule has 0 radical (unpaired) electrons. The van der Waals surface area contributed by atoms with Gasteiger partial charge in [0.25, 0.3) is 0 Å². The number of hydrogen-bond donors (Lipinski definition) is 2. The van der Waals surface area contributed by atoms with Gasteiger partial charge in [0.2, 0.25) is 0 Å². The Morgan fingerprint density at radius 1 is 1.00 bits per heavy atom. The minimum atomic E-state index is 0.123. The van der Waals surface area contributed by atoms with Crippen molar-refractivity contribution in [1.29, 1.82) is 0 Å². The summed E-state index contributed by atoms with van der Waals surface area (Å²) >= 11 is 0. The number of para-hydroxylation sites is 1. The molecule has 0 saturated carbocycles. The number of nitrogens with two attached hydrogens (primary N) is 1. The molecular formula is C13H12N4O. The van der Waals surface area contributed by atoms with Gasteiger partial charge in [-0.05, 0) is 23.8 Å². The lowest BCUT2D eigenvalue weighted by Crippen LogP contribution is -2.07. The Kier molecular flexibility index (Phi) is 2.46. The van der Waals surface area contributed by atoms with Crippen LogP contribution in [0.4, 0.5) is 0 Å². The third-order valence-corrected chi connectivity index (χ3v) is 2.80. The second-order valence-electron chi connectivity index (χ2n) is 3.97. The Balaban J connectivity index is 2.25. The summed E-state index contributed by atoms with van der Waals surface area (Å²) in [6.07, 6.45) is 0. The molecule has 0 saturated heterocycles. The van der Waals surface area contributed by atoms with E-state index in [0.717, 1.165) is 16.6 Å². The summed E-state index contributed by atoms with van der Waals surface area (Å²) in [5.41, 5.74) is 8.57. The summed E-state index contributed by atoms with van der Waals surface area (Å²) in [4.78, 5) is 1.43. The minimum Gasteiger partial charge on any atom is -0.506 e. The normalized spacial score (nSPS) is 10.9. The van der Waals surface area contributed by atoms with Gasteiger partial charge in [-0.2, -0.15) is 0 Å². The number of aromatic nitrogens is 3. The van der Waals surface area contributed by atoms with E-state index >= 15 is 0 Å². The van der Waals surface area contributed by atoms with Crippen LogP contribution in [-0.4, -0.2) is 20.1 Å². The Morgan fingerprint density at radius 3 is 2.28 bits per heavy atom. The Labute approximate surface area is 103 Å². The van der Waals surface area contributed by atoms with Crippen LogP contribution < -0.4 is 5.73 Å². The van der Waals surface area contributed by atoms with Gasteiger partial charge in [-0.1, -0.05) is 24.3 Å². The number of aromatic hydroxyl groups is 1. The molecule has 0 fully saturated rings. The van der Waals surface area contributed by atoms with Gasteiger partial charge in [0, 0.05) is 6.54 Å². The zero-order valence-electron chi connectivity index (χ0n) is 9.61. The summed E-state index contributed by atoms with van der Waals surface area (Å²) in [5.74, 6) is 0.123. The summed E-state index contributed by atoms with van der Waals surface area (Å²) in [6, 6.07) is 12.8. The van der Waals surface area contributed by atoms with Crippen LogP contribution in [0.5, 0.6) is 5.75 Å². The van der Waals surface area contributed by atoms with Crippen molar-refractivity contribution in [3.8, 4) is 11.4 Å². The maximum atomic E-state index is 9.94. The monoisotopic (exact) mass is 240 g/mol. The molecule has 3 N–H and O–H groups in total. The Bertz CT molecular complexity index is 672. The molecule has 0 aliphatic carbocycles. The second-order valence-corrected chi connectivity index (χ2v) is 3.97. The molecule has 0 bridgehead atoms. The topological polar surface area (TPSA) is 77.0 Å². The summed E-state index contributed by atoms with van der Waals surface area (Å²) < 4.78 is 0.